The highest BCUT2D eigenvalue weighted by Gasteiger charge is 2.54. The van der Waals surface area contributed by atoms with Crippen LogP contribution in [0.1, 0.15) is 11.4 Å². The fourth-order valence-electron chi connectivity index (χ4n) is 4.37. The van der Waals surface area contributed by atoms with E-state index >= 15 is 0 Å². The Morgan fingerprint density at radius 3 is 1.34 bits per heavy atom. The second kappa shape index (κ2) is 9.99. The molecular weight excluding hydrogens is 415 g/mol. The second-order valence-electron chi connectivity index (χ2n) is 7.43. The summed E-state index contributed by atoms with van der Waals surface area (Å²) in [5.74, 6) is 1.18. The topological polar surface area (TPSA) is 27.7 Å². The molecule has 4 heteroatoms. The van der Waals surface area contributed by atoms with Gasteiger partial charge in [0.2, 0.25) is 5.85 Å². The number of ether oxygens (including phenoxy) is 3. The van der Waals surface area contributed by atoms with Crippen molar-refractivity contribution in [1.29, 1.82) is 0 Å². The first-order valence-electron chi connectivity index (χ1n) is 10.6. The molecule has 0 saturated heterocycles. The summed E-state index contributed by atoms with van der Waals surface area (Å²) < 4.78 is 17.5. The molecule has 0 aromatic heterocycles. The van der Waals surface area contributed by atoms with Gasteiger partial charge in [-0.1, -0.05) is 54.6 Å². The van der Waals surface area contributed by atoms with Crippen LogP contribution in [0.2, 0.25) is 0 Å². The molecule has 0 N–H and O–H groups in total. The van der Waals surface area contributed by atoms with E-state index in [0.717, 1.165) is 5.56 Å². The third kappa shape index (κ3) is 3.90. The smallest absolute Gasteiger partial charge is 0.206 e. The van der Waals surface area contributed by atoms with Gasteiger partial charge in [0.05, 0.1) is 14.2 Å². The molecule has 0 aliphatic rings. The maximum Gasteiger partial charge on any atom is 0.206 e. The highest BCUT2D eigenvalue weighted by Crippen LogP contribution is 2.67. The zero-order valence-corrected chi connectivity index (χ0v) is 19.5. The van der Waals surface area contributed by atoms with Crippen LogP contribution in [-0.2, 0) is 4.74 Å². The van der Waals surface area contributed by atoms with Gasteiger partial charge in [-0.05, 0) is 54.6 Å². The van der Waals surface area contributed by atoms with Gasteiger partial charge in [0.15, 0.2) is 11.5 Å². The summed E-state index contributed by atoms with van der Waals surface area (Å²) in [6.07, 6.45) is 0. The number of methoxy groups -OCH3 is 3. The summed E-state index contributed by atoms with van der Waals surface area (Å²) in [5.41, 5.74) is 1.05. The van der Waals surface area contributed by atoms with Crippen molar-refractivity contribution in [3.8, 4) is 11.5 Å². The quantitative estimate of drug-likeness (QED) is 0.344. The van der Waals surface area contributed by atoms with Crippen LogP contribution in [0, 0.1) is 0 Å². The Morgan fingerprint density at radius 2 is 0.969 bits per heavy atom. The van der Waals surface area contributed by atoms with Gasteiger partial charge in [-0.3, -0.25) is 0 Å². The lowest BCUT2D eigenvalue weighted by atomic mass is 10.2. The normalized spacial score (nSPS) is 12.2. The third-order valence-electron chi connectivity index (χ3n) is 5.76. The maximum absolute atomic E-state index is 6.39. The van der Waals surface area contributed by atoms with E-state index in [2.05, 4.69) is 97.1 Å². The van der Waals surface area contributed by atoms with Crippen LogP contribution in [0.15, 0.2) is 109 Å². The van der Waals surface area contributed by atoms with Crippen molar-refractivity contribution in [2.24, 2.45) is 0 Å². The molecule has 0 aliphatic heterocycles. The molecule has 0 fully saturated rings. The van der Waals surface area contributed by atoms with Crippen LogP contribution in [-0.4, -0.2) is 21.3 Å². The Morgan fingerprint density at radius 1 is 0.531 bits per heavy atom. The molecule has 4 aromatic carbocycles. The zero-order chi connectivity index (χ0) is 22.4. The van der Waals surface area contributed by atoms with Gasteiger partial charge in [0.1, 0.15) is 23.2 Å². The van der Waals surface area contributed by atoms with E-state index in [1.165, 1.54) is 15.9 Å². The van der Waals surface area contributed by atoms with Crippen molar-refractivity contribution >= 4 is 23.2 Å². The van der Waals surface area contributed by atoms with Gasteiger partial charge in [-0.2, -0.15) is 0 Å². The standard InChI is InChI=1S/C28H28O3P/c1-29-26-20-19-22(21-27(26)30-2)28(31-3)32(23-13-7-4-8-14-23,24-15-9-5-10-16-24)25-17-11-6-12-18-25/h4-21,28H,1-3H3/q+1. The number of rotatable bonds is 8. The van der Waals surface area contributed by atoms with Crippen LogP contribution in [0.5, 0.6) is 11.5 Å². The number of hydrogen-bond acceptors (Lipinski definition) is 3. The van der Waals surface area contributed by atoms with E-state index in [-0.39, 0.29) is 5.85 Å². The number of benzene rings is 4. The molecular formula is C28H28O3P+. The van der Waals surface area contributed by atoms with E-state index in [1.807, 2.05) is 12.1 Å². The van der Waals surface area contributed by atoms with Crippen molar-refractivity contribution in [2.45, 2.75) is 5.85 Å². The SMILES string of the molecule is COc1ccc(C(OC)[P+](c2ccccc2)(c2ccccc2)c2ccccc2)cc1OC. The molecule has 0 spiro atoms. The van der Waals surface area contributed by atoms with Crippen molar-refractivity contribution in [3.05, 3.63) is 115 Å². The van der Waals surface area contributed by atoms with E-state index in [4.69, 9.17) is 14.2 Å². The molecule has 0 radical (unpaired) electrons. The van der Waals surface area contributed by atoms with E-state index < -0.39 is 7.26 Å². The Kier molecular flexibility index (Phi) is 6.90. The summed E-state index contributed by atoms with van der Waals surface area (Å²) in [6.45, 7) is 0. The van der Waals surface area contributed by atoms with Gasteiger partial charge >= 0.3 is 0 Å². The van der Waals surface area contributed by atoms with Crippen LogP contribution < -0.4 is 25.4 Å². The highest BCUT2D eigenvalue weighted by atomic mass is 31.2. The summed E-state index contributed by atoms with van der Waals surface area (Å²) >= 11 is 0. The predicted molar refractivity (Wildman–Crippen MR) is 134 cm³/mol. The zero-order valence-electron chi connectivity index (χ0n) is 18.6. The molecule has 162 valence electrons. The second-order valence-corrected chi connectivity index (χ2v) is 10.9. The Balaban J connectivity index is 2.07. The van der Waals surface area contributed by atoms with Gasteiger partial charge < -0.3 is 14.2 Å². The van der Waals surface area contributed by atoms with Gasteiger partial charge in [0, 0.05) is 12.7 Å². The first-order chi connectivity index (χ1) is 15.7. The molecule has 0 aliphatic carbocycles. The monoisotopic (exact) mass is 443 g/mol. The predicted octanol–water partition coefficient (Wildman–Crippen LogP) is 5.34. The molecule has 0 amide bonds. The van der Waals surface area contributed by atoms with E-state index in [0.29, 0.717) is 11.5 Å². The summed E-state index contributed by atoms with van der Waals surface area (Å²) in [7, 11) is 2.86. The van der Waals surface area contributed by atoms with Gasteiger partial charge in [-0.25, -0.2) is 0 Å². The molecule has 32 heavy (non-hydrogen) atoms. The molecule has 1 unspecified atom stereocenters. The first-order valence-corrected chi connectivity index (χ1v) is 12.4. The minimum absolute atomic E-state index is 0.213. The maximum atomic E-state index is 6.39. The van der Waals surface area contributed by atoms with Crippen LogP contribution in [0.25, 0.3) is 0 Å². The minimum atomic E-state index is -2.26. The number of hydrogen-bond donors (Lipinski definition) is 0. The van der Waals surface area contributed by atoms with Crippen molar-refractivity contribution in [1.82, 2.24) is 0 Å². The lowest BCUT2D eigenvalue weighted by Gasteiger charge is -2.34. The summed E-state index contributed by atoms with van der Waals surface area (Å²) in [6, 6.07) is 38.2. The van der Waals surface area contributed by atoms with Crippen LogP contribution >= 0.6 is 7.26 Å². The molecule has 4 rings (SSSR count). The molecule has 0 heterocycles. The average Bonchev–Trinajstić information content (AvgIpc) is 2.88. The third-order valence-corrected chi connectivity index (χ3v) is 10.3. The molecule has 3 nitrogen and oxygen atoms in total. The Labute approximate surface area is 190 Å². The summed E-state index contributed by atoms with van der Waals surface area (Å²) in [5, 5.41) is 3.79. The molecule has 1 atom stereocenters. The minimum Gasteiger partial charge on any atom is -0.493 e. The first kappa shape index (κ1) is 22.1. The van der Waals surface area contributed by atoms with Crippen molar-refractivity contribution in [3.63, 3.8) is 0 Å². The largest absolute Gasteiger partial charge is 0.493 e. The lowest BCUT2D eigenvalue weighted by Crippen LogP contribution is -2.36. The Hall–Kier alpha value is -3.13. The van der Waals surface area contributed by atoms with E-state index in [1.54, 1.807) is 21.3 Å². The fraction of sp³-hybridized carbons (Fsp3) is 0.143. The van der Waals surface area contributed by atoms with E-state index in [9.17, 15) is 0 Å². The van der Waals surface area contributed by atoms with Crippen molar-refractivity contribution < 1.29 is 14.2 Å². The molecule has 4 aromatic rings. The lowest BCUT2D eigenvalue weighted by molar-refractivity contribution is 0.170. The fourth-order valence-corrected chi connectivity index (χ4v) is 8.93. The van der Waals surface area contributed by atoms with Crippen LogP contribution in [0.4, 0.5) is 0 Å². The average molecular weight is 444 g/mol. The Bertz CT molecular complexity index is 1030. The van der Waals surface area contributed by atoms with Gasteiger partial charge in [0.25, 0.3) is 0 Å². The van der Waals surface area contributed by atoms with Crippen LogP contribution in [0.3, 0.4) is 0 Å². The van der Waals surface area contributed by atoms with Gasteiger partial charge in [-0.15, -0.1) is 0 Å². The highest BCUT2D eigenvalue weighted by molar-refractivity contribution is 7.95. The molecule has 0 bridgehead atoms. The van der Waals surface area contributed by atoms with Crippen molar-refractivity contribution in [2.75, 3.05) is 21.3 Å². The summed E-state index contributed by atoms with van der Waals surface area (Å²) in [4.78, 5) is 0. The molecule has 0 saturated carbocycles.